The first-order valence-corrected chi connectivity index (χ1v) is 11.1. The summed E-state index contributed by atoms with van der Waals surface area (Å²) in [6.45, 7) is 5.24. The molecule has 2 aromatic rings. The van der Waals surface area contributed by atoms with Gasteiger partial charge in [-0.2, -0.15) is 0 Å². The molecule has 1 aromatic carbocycles. The van der Waals surface area contributed by atoms with Crippen LogP contribution < -0.4 is 5.32 Å². The number of anilines is 1. The summed E-state index contributed by atoms with van der Waals surface area (Å²) in [7, 11) is 0. The van der Waals surface area contributed by atoms with Gasteiger partial charge in [0.15, 0.2) is 0 Å². The number of carbonyl (C=O) groups excluding carboxylic acids is 2. The number of rotatable bonds is 5. The molecule has 1 aromatic heterocycles. The highest BCUT2D eigenvalue weighted by Crippen LogP contribution is 2.32. The number of amides is 2. The van der Waals surface area contributed by atoms with E-state index in [1.165, 1.54) is 12.1 Å². The summed E-state index contributed by atoms with van der Waals surface area (Å²) in [5.74, 6) is 0.594. The lowest BCUT2D eigenvalue weighted by Gasteiger charge is -2.37. The van der Waals surface area contributed by atoms with Gasteiger partial charge in [-0.3, -0.25) is 9.59 Å². The minimum Gasteiger partial charge on any atom is -0.342 e. The highest BCUT2D eigenvalue weighted by atomic mass is 19.1. The molecular formula is C24H29FN4O2. The van der Waals surface area contributed by atoms with Crippen LogP contribution in [0.4, 0.5) is 10.1 Å². The van der Waals surface area contributed by atoms with Gasteiger partial charge in [-0.1, -0.05) is 18.6 Å². The molecule has 4 rings (SSSR count). The van der Waals surface area contributed by atoms with Crippen molar-refractivity contribution < 1.29 is 14.0 Å². The van der Waals surface area contributed by atoms with Crippen LogP contribution in [0.25, 0.3) is 0 Å². The zero-order valence-electron chi connectivity index (χ0n) is 18.2. The van der Waals surface area contributed by atoms with Crippen LogP contribution in [0.2, 0.25) is 0 Å². The minimum absolute atomic E-state index is 0.0865. The van der Waals surface area contributed by atoms with Crippen molar-refractivity contribution in [2.45, 2.75) is 58.3 Å². The molecule has 1 aliphatic heterocycles. The molecule has 1 N–H and O–H groups in total. The molecular weight excluding hydrogens is 395 g/mol. The molecule has 2 amide bonds. The molecule has 1 atom stereocenters. The molecule has 31 heavy (non-hydrogen) atoms. The standard InChI is InChI=1S/C24H29FN4O2/c1-15-19(13-22(30)28-21-11-4-3-10-20(21)25)16(2)27-23(26-15)18-9-6-12-29(14-18)24(31)17-7-5-8-17/h3-4,10-11,17-18H,5-9,12-14H2,1-2H3,(H,28,30)/t18-/m1/s1. The topological polar surface area (TPSA) is 75.2 Å². The van der Waals surface area contributed by atoms with Gasteiger partial charge in [0.25, 0.3) is 0 Å². The number of piperidine rings is 1. The number of benzene rings is 1. The van der Waals surface area contributed by atoms with E-state index in [1.807, 2.05) is 18.7 Å². The first-order valence-electron chi connectivity index (χ1n) is 11.1. The summed E-state index contributed by atoms with van der Waals surface area (Å²) in [5, 5.41) is 2.62. The van der Waals surface area contributed by atoms with E-state index in [9.17, 15) is 14.0 Å². The van der Waals surface area contributed by atoms with Crippen molar-refractivity contribution in [1.29, 1.82) is 0 Å². The lowest BCUT2D eigenvalue weighted by molar-refractivity contribution is -0.139. The van der Waals surface area contributed by atoms with Gasteiger partial charge in [-0.25, -0.2) is 14.4 Å². The average molecular weight is 425 g/mol. The Hall–Kier alpha value is -2.83. The third kappa shape index (κ3) is 4.75. The minimum atomic E-state index is -0.464. The molecule has 1 saturated heterocycles. The Morgan fingerprint density at radius 2 is 1.81 bits per heavy atom. The zero-order chi connectivity index (χ0) is 22.0. The molecule has 2 heterocycles. The Balaban J connectivity index is 1.44. The summed E-state index contributed by atoms with van der Waals surface area (Å²) < 4.78 is 13.8. The molecule has 1 saturated carbocycles. The molecule has 0 spiro atoms. The van der Waals surface area contributed by atoms with E-state index in [-0.39, 0.29) is 35.8 Å². The lowest BCUT2D eigenvalue weighted by atomic mass is 9.83. The molecule has 0 bridgehead atoms. The number of nitrogens with zero attached hydrogens (tertiary/aromatic N) is 3. The number of carbonyl (C=O) groups is 2. The van der Waals surface area contributed by atoms with Crippen LogP contribution in [0.15, 0.2) is 24.3 Å². The molecule has 2 aliphatic rings. The van der Waals surface area contributed by atoms with Crippen LogP contribution in [-0.4, -0.2) is 39.8 Å². The Morgan fingerprint density at radius 1 is 1.10 bits per heavy atom. The summed E-state index contributed by atoms with van der Waals surface area (Å²) in [4.78, 5) is 36.5. The Morgan fingerprint density at radius 3 is 2.45 bits per heavy atom. The Kier molecular flexibility index (Phi) is 6.30. The second-order valence-electron chi connectivity index (χ2n) is 8.69. The van der Waals surface area contributed by atoms with Gasteiger partial charge < -0.3 is 10.2 Å². The van der Waals surface area contributed by atoms with Crippen molar-refractivity contribution in [2.24, 2.45) is 5.92 Å². The van der Waals surface area contributed by atoms with E-state index in [0.29, 0.717) is 6.54 Å². The Bertz CT molecular complexity index is 966. The normalized spacial score (nSPS) is 19.1. The number of halogens is 1. The van der Waals surface area contributed by atoms with Crippen molar-refractivity contribution in [1.82, 2.24) is 14.9 Å². The zero-order valence-corrected chi connectivity index (χ0v) is 18.2. The number of hydrogen-bond donors (Lipinski definition) is 1. The van der Waals surface area contributed by atoms with Gasteiger partial charge in [-0.05, 0) is 51.7 Å². The average Bonchev–Trinajstić information content (AvgIpc) is 2.71. The predicted octanol–water partition coefficient (Wildman–Crippen LogP) is 3.92. The second kappa shape index (κ2) is 9.12. The summed E-state index contributed by atoms with van der Waals surface area (Å²) in [5.41, 5.74) is 2.44. The van der Waals surface area contributed by atoms with Gasteiger partial charge in [-0.15, -0.1) is 0 Å². The van der Waals surface area contributed by atoms with E-state index in [0.717, 1.165) is 61.4 Å². The van der Waals surface area contributed by atoms with Gasteiger partial charge in [0, 0.05) is 41.9 Å². The van der Waals surface area contributed by atoms with Gasteiger partial charge >= 0.3 is 0 Å². The summed E-state index contributed by atoms with van der Waals surface area (Å²) in [6.07, 6.45) is 5.18. The van der Waals surface area contributed by atoms with E-state index in [4.69, 9.17) is 9.97 Å². The fourth-order valence-electron chi connectivity index (χ4n) is 4.42. The van der Waals surface area contributed by atoms with Crippen LogP contribution in [-0.2, 0) is 16.0 Å². The molecule has 6 nitrogen and oxygen atoms in total. The molecule has 7 heteroatoms. The maximum Gasteiger partial charge on any atom is 0.229 e. The molecule has 0 radical (unpaired) electrons. The smallest absolute Gasteiger partial charge is 0.229 e. The van der Waals surface area contributed by atoms with Crippen LogP contribution in [0.1, 0.15) is 60.8 Å². The molecule has 0 unspecified atom stereocenters. The van der Waals surface area contributed by atoms with Crippen molar-refractivity contribution >= 4 is 17.5 Å². The third-order valence-corrected chi connectivity index (χ3v) is 6.48. The maximum absolute atomic E-state index is 13.8. The maximum atomic E-state index is 13.8. The Labute approximate surface area is 182 Å². The highest BCUT2D eigenvalue weighted by molar-refractivity contribution is 5.92. The number of likely N-dealkylation sites (tertiary alicyclic amines) is 1. The van der Waals surface area contributed by atoms with Crippen LogP contribution >= 0.6 is 0 Å². The SMILES string of the molecule is Cc1nc([C@@H]2CCCN(C(=O)C3CCC3)C2)nc(C)c1CC(=O)Nc1ccccc1F. The van der Waals surface area contributed by atoms with Crippen molar-refractivity contribution in [2.75, 3.05) is 18.4 Å². The first kappa shape index (κ1) is 21.4. The highest BCUT2D eigenvalue weighted by Gasteiger charge is 2.33. The largest absolute Gasteiger partial charge is 0.342 e. The van der Waals surface area contributed by atoms with Crippen LogP contribution in [0, 0.1) is 25.6 Å². The van der Waals surface area contributed by atoms with Gasteiger partial charge in [0.05, 0.1) is 12.1 Å². The molecule has 164 valence electrons. The van der Waals surface area contributed by atoms with Crippen LogP contribution in [0.5, 0.6) is 0 Å². The number of nitrogens with one attached hydrogen (secondary N) is 1. The fraction of sp³-hybridized carbons (Fsp3) is 0.500. The third-order valence-electron chi connectivity index (χ3n) is 6.48. The number of para-hydroxylation sites is 1. The van der Waals surface area contributed by atoms with E-state index in [1.54, 1.807) is 12.1 Å². The summed E-state index contributed by atoms with van der Waals surface area (Å²) in [6, 6.07) is 6.10. The van der Waals surface area contributed by atoms with E-state index >= 15 is 0 Å². The number of aryl methyl sites for hydroxylation is 2. The lowest BCUT2D eigenvalue weighted by Crippen LogP contribution is -2.44. The van der Waals surface area contributed by atoms with Gasteiger partial charge in [0.2, 0.25) is 11.8 Å². The number of hydrogen-bond acceptors (Lipinski definition) is 4. The first-order chi connectivity index (χ1) is 14.9. The van der Waals surface area contributed by atoms with Crippen molar-refractivity contribution in [3.63, 3.8) is 0 Å². The van der Waals surface area contributed by atoms with Crippen LogP contribution in [0.3, 0.4) is 0 Å². The quantitative estimate of drug-likeness (QED) is 0.789. The predicted molar refractivity (Wildman–Crippen MR) is 116 cm³/mol. The van der Waals surface area contributed by atoms with E-state index < -0.39 is 5.82 Å². The summed E-state index contributed by atoms with van der Waals surface area (Å²) >= 11 is 0. The molecule has 1 aliphatic carbocycles. The van der Waals surface area contributed by atoms with Gasteiger partial charge in [0.1, 0.15) is 11.6 Å². The van der Waals surface area contributed by atoms with E-state index in [2.05, 4.69) is 5.32 Å². The second-order valence-corrected chi connectivity index (χ2v) is 8.69. The van der Waals surface area contributed by atoms with Crippen molar-refractivity contribution in [3.05, 3.63) is 52.9 Å². The van der Waals surface area contributed by atoms with Crippen molar-refractivity contribution in [3.8, 4) is 0 Å². The monoisotopic (exact) mass is 424 g/mol. The fourth-order valence-corrected chi connectivity index (χ4v) is 4.42. The molecule has 2 fully saturated rings. The number of aromatic nitrogens is 2.